The fourth-order valence-electron chi connectivity index (χ4n) is 3.29. The number of hydrogen-bond donors (Lipinski definition) is 1. The van der Waals surface area contributed by atoms with E-state index in [4.69, 9.17) is 0 Å². The van der Waals surface area contributed by atoms with Crippen LogP contribution in [0.4, 0.5) is 5.69 Å². The van der Waals surface area contributed by atoms with Gasteiger partial charge < -0.3 is 5.11 Å². The molecule has 1 aliphatic carbocycles. The van der Waals surface area contributed by atoms with Crippen LogP contribution in [0.15, 0.2) is 24.3 Å². The molecule has 1 fully saturated rings. The summed E-state index contributed by atoms with van der Waals surface area (Å²) in [4.78, 5) is 10.6. The van der Waals surface area contributed by atoms with Gasteiger partial charge in [-0.3, -0.25) is 10.1 Å². The minimum Gasteiger partial charge on any atom is -0.392 e. The summed E-state index contributed by atoms with van der Waals surface area (Å²) in [5, 5.41) is 21.5. The molecule has 0 saturated heterocycles. The van der Waals surface area contributed by atoms with Gasteiger partial charge in [0.25, 0.3) is 5.69 Å². The number of nitro benzene ring substituents is 1. The molecule has 1 atom stereocenters. The van der Waals surface area contributed by atoms with Crippen LogP contribution in [0.1, 0.15) is 44.6 Å². The molecule has 0 spiro atoms. The maximum absolute atomic E-state index is 11.0. The van der Waals surface area contributed by atoms with E-state index in [1.54, 1.807) is 18.2 Å². The predicted molar refractivity (Wildman–Crippen MR) is 74.0 cm³/mol. The van der Waals surface area contributed by atoms with Gasteiger partial charge in [-0.15, -0.1) is 0 Å². The third-order valence-electron chi connectivity index (χ3n) is 4.61. The molecule has 0 amide bonds. The average Bonchev–Trinajstić information content (AvgIpc) is 2.89. The van der Waals surface area contributed by atoms with Gasteiger partial charge in [0.1, 0.15) is 0 Å². The minimum absolute atomic E-state index is 0.0380. The lowest BCUT2D eigenvalue weighted by molar-refractivity contribution is -0.385. The van der Waals surface area contributed by atoms with Crippen molar-refractivity contribution < 1.29 is 10.0 Å². The molecule has 0 radical (unpaired) electrons. The van der Waals surface area contributed by atoms with Crippen molar-refractivity contribution in [3.8, 4) is 0 Å². The first kappa shape index (κ1) is 14.0. The van der Waals surface area contributed by atoms with Crippen molar-refractivity contribution in [3.63, 3.8) is 0 Å². The summed E-state index contributed by atoms with van der Waals surface area (Å²) >= 11 is 0. The van der Waals surface area contributed by atoms with E-state index in [0.29, 0.717) is 12.0 Å². The van der Waals surface area contributed by atoms with E-state index in [0.717, 1.165) is 32.1 Å². The number of aliphatic hydroxyl groups excluding tert-OH is 1. The Morgan fingerprint density at radius 1 is 1.37 bits per heavy atom. The first-order chi connectivity index (χ1) is 9.09. The second-order valence-electron chi connectivity index (χ2n) is 5.53. The zero-order chi connectivity index (χ0) is 13.9. The standard InChI is InChI=1S/C15H21NO3/c1-2-15(9-5-6-10-15)14(17)11-12-7-3-4-8-13(12)16(18)19/h3-4,7-8,14,17H,2,5-6,9-11H2,1H3. The number of nitrogens with zero attached hydrogens (tertiary/aromatic N) is 1. The highest BCUT2D eigenvalue weighted by Crippen LogP contribution is 2.45. The van der Waals surface area contributed by atoms with Crippen molar-refractivity contribution in [2.75, 3.05) is 0 Å². The van der Waals surface area contributed by atoms with Crippen molar-refractivity contribution in [2.45, 2.75) is 51.6 Å². The van der Waals surface area contributed by atoms with E-state index in [2.05, 4.69) is 6.92 Å². The van der Waals surface area contributed by atoms with E-state index in [-0.39, 0.29) is 16.0 Å². The zero-order valence-electron chi connectivity index (χ0n) is 11.3. The van der Waals surface area contributed by atoms with E-state index in [1.165, 1.54) is 6.07 Å². The van der Waals surface area contributed by atoms with Gasteiger partial charge in [-0.05, 0) is 24.7 Å². The number of rotatable bonds is 5. The van der Waals surface area contributed by atoms with Crippen LogP contribution in [0.3, 0.4) is 0 Å². The summed E-state index contributed by atoms with van der Waals surface area (Å²) in [7, 11) is 0. The highest BCUT2D eigenvalue weighted by molar-refractivity contribution is 5.40. The maximum atomic E-state index is 11.0. The normalized spacial score (nSPS) is 19.3. The Labute approximate surface area is 113 Å². The number of nitro groups is 1. The Balaban J connectivity index is 2.19. The Bertz CT molecular complexity index is 452. The number of hydrogen-bond acceptors (Lipinski definition) is 3. The van der Waals surface area contributed by atoms with Crippen LogP contribution >= 0.6 is 0 Å². The minimum atomic E-state index is -0.485. The maximum Gasteiger partial charge on any atom is 0.272 e. The molecule has 2 rings (SSSR count). The molecule has 4 heteroatoms. The van der Waals surface area contributed by atoms with Crippen molar-refractivity contribution in [3.05, 3.63) is 39.9 Å². The van der Waals surface area contributed by atoms with E-state index in [9.17, 15) is 15.2 Å². The molecule has 1 aromatic rings. The summed E-state index contributed by atoms with van der Waals surface area (Å²) in [6, 6.07) is 6.72. The van der Waals surface area contributed by atoms with Crippen LogP contribution in [-0.2, 0) is 6.42 Å². The summed E-state index contributed by atoms with van der Waals surface area (Å²) in [5.41, 5.74) is 0.717. The lowest BCUT2D eigenvalue weighted by atomic mass is 9.75. The molecule has 1 N–H and O–H groups in total. The van der Waals surface area contributed by atoms with Crippen molar-refractivity contribution in [1.29, 1.82) is 0 Å². The van der Waals surface area contributed by atoms with Gasteiger partial charge in [0.2, 0.25) is 0 Å². The van der Waals surface area contributed by atoms with Gasteiger partial charge in [-0.25, -0.2) is 0 Å². The monoisotopic (exact) mass is 263 g/mol. The lowest BCUT2D eigenvalue weighted by Crippen LogP contribution is -2.33. The third kappa shape index (κ3) is 2.78. The van der Waals surface area contributed by atoms with Crippen LogP contribution in [0, 0.1) is 15.5 Å². The topological polar surface area (TPSA) is 63.4 Å². The quantitative estimate of drug-likeness (QED) is 0.653. The fourth-order valence-corrected chi connectivity index (χ4v) is 3.29. The second kappa shape index (κ2) is 5.70. The van der Waals surface area contributed by atoms with Gasteiger partial charge in [-0.2, -0.15) is 0 Å². The first-order valence-corrected chi connectivity index (χ1v) is 6.99. The van der Waals surface area contributed by atoms with Crippen LogP contribution < -0.4 is 0 Å². The van der Waals surface area contributed by atoms with Crippen LogP contribution in [0.2, 0.25) is 0 Å². The first-order valence-electron chi connectivity index (χ1n) is 6.99. The Kier molecular flexibility index (Phi) is 4.20. The molecule has 104 valence electrons. The number of benzene rings is 1. The predicted octanol–water partition coefficient (Wildman–Crippen LogP) is 3.47. The Morgan fingerprint density at radius 3 is 2.58 bits per heavy atom. The van der Waals surface area contributed by atoms with Crippen LogP contribution in [-0.4, -0.2) is 16.1 Å². The van der Waals surface area contributed by atoms with Crippen molar-refractivity contribution in [2.24, 2.45) is 5.41 Å². The number of para-hydroxylation sites is 1. The van der Waals surface area contributed by atoms with Gasteiger partial charge in [0.15, 0.2) is 0 Å². The molecule has 0 aliphatic heterocycles. The van der Waals surface area contributed by atoms with E-state index in [1.807, 2.05) is 0 Å². The molecule has 1 saturated carbocycles. The lowest BCUT2D eigenvalue weighted by Gasteiger charge is -2.33. The zero-order valence-corrected chi connectivity index (χ0v) is 11.3. The molecular weight excluding hydrogens is 242 g/mol. The average molecular weight is 263 g/mol. The third-order valence-corrected chi connectivity index (χ3v) is 4.61. The van der Waals surface area contributed by atoms with Crippen molar-refractivity contribution in [1.82, 2.24) is 0 Å². The summed E-state index contributed by atoms with van der Waals surface area (Å²) in [5.74, 6) is 0. The number of aliphatic hydroxyl groups is 1. The van der Waals surface area contributed by atoms with Gasteiger partial charge in [0, 0.05) is 18.1 Å². The summed E-state index contributed by atoms with van der Waals surface area (Å²) < 4.78 is 0. The van der Waals surface area contributed by atoms with E-state index < -0.39 is 6.10 Å². The highest BCUT2D eigenvalue weighted by Gasteiger charge is 2.39. The molecule has 1 unspecified atom stereocenters. The Morgan fingerprint density at radius 2 is 2.00 bits per heavy atom. The van der Waals surface area contributed by atoms with Crippen molar-refractivity contribution >= 4 is 5.69 Å². The SMILES string of the molecule is CCC1(C(O)Cc2ccccc2[N+](=O)[O-])CCCC1. The van der Waals surface area contributed by atoms with Crippen LogP contribution in [0.25, 0.3) is 0 Å². The van der Waals surface area contributed by atoms with E-state index >= 15 is 0 Å². The molecule has 4 nitrogen and oxygen atoms in total. The molecule has 1 aliphatic rings. The Hall–Kier alpha value is -1.42. The second-order valence-corrected chi connectivity index (χ2v) is 5.53. The fraction of sp³-hybridized carbons (Fsp3) is 0.600. The largest absolute Gasteiger partial charge is 0.392 e. The van der Waals surface area contributed by atoms with Crippen LogP contribution in [0.5, 0.6) is 0 Å². The molecule has 0 aromatic heterocycles. The molecular formula is C15H21NO3. The van der Waals surface area contributed by atoms with Gasteiger partial charge in [-0.1, -0.05) is 38.0 Å². The summed E-state index contributed by atoms with van der Waals surface area (Å²) in [6.45, 7) is 2.11. The summed E-state index contributed by atoms with van der Waals surface area (Å²) in [6.07, 6.45) is 5.21. The highest BCUT2D eigenvalue weighted by atomic mass is 16.6. The van der Waals surface area contributed by atoms with Gasteiger partial charge in [0.05, 0.1) is 11.0 Å². The smallest absolute Gasteiger partial charge is 0.272 e. The molecule has 0 heterocycles. The molecule has 0 bridgehead atoms. The molecule has 19 heavy (non-hydrogen) atoms. The van der Waals surface area contributed by atoms with Gasteiger partial charge >= 0.3 is 0 Å². The molecule has 1 aromatic carbocycles.